The SMILES string of the molecule is COc1ccc(-c2cnc(CN3C[C@@H](OC)C[C@H]3C(N)=O)o2)cc1. The van der Waals surface area contributed by atoms with Crippen LogP contribution in [-0.2, 0) is 16.1 Å². The molecule has 1 aliphatic heterocycles. The molecule has 7 nitrogen and oxygen atoms in total. The van der Waals surface area contributed by atoms with E-state index in [0.717, 1.165) is 11.3 Å². The first kappa shape index (κ1) is 16.5. The summed E-state index contributed by atoms with van der Waals surface area (Å²) < 4.78 is 16.3. The highest BCUT2D eigenvalue weighted by Gasteiger charge is 2.36. The molecule has 0 bridgehead atoms. The van der Waals surface area contributed by atoms with Gasteiger partial charge in [0.1, 0.15) is 5.75 Å². The van der Waals surface area contributed by atoms with Crippen LogP contribution in [0.2, 0.25) is 0 Å². The Hall–Kier alpha value is -2.38. The number of hydrogen-bond donors (Lipinski definition) is 1. The van der Waals surface area contributed by atoms with E-state index in [0.29, 0.717) is 31.2 Å². The smallest absolute Gasteiger partial charge is 0.234 e. The third-order valence-electron chi connectivity index (χ3n) is 4.29. The molecule has 3 rings (SSSR count). The molecule has 7 heteroatoms. The molecule has 24 heavy (non-hydrogen) atoms. The summed E-state index contributed by atoms with van der Waals surface area (Å²) in [4.78, 5) is 17.9. The fourth-order valence-corrected chi connectivity index (χ4v) is 2.95. The van der Waals surface area contributed by atoms with Gasteiger partial charge in [-0.05, 0) is 30.7 Å². The Morgan fingerprint density at radius 3 is 2.75 bits per heavy atom. The lowest BCUT2D eigenvalue weighted by atomic mass is 10.2. The van der Waals surface area contributed by atoms with Gasteiger partial charge in [-0.25, -0.2) is 4.98 Å². The number of carbonyl (C=O) groups excluding carboxylic acids is 1. The maximum Gasteiger partial charge on any atom is 0.234 e. The second kappa shape index (κ2) is 7.02. The van der Waals surface area contributed by atoms with Gasteiger partial charge in [0.2, 0.25) is 11.8 Å². The second-order valence-corrected chi connectivity index (χ2v) is 5.79. The highest BCUT2D eigenvalue weighted by atomic mass is 16.5. The lowest BCUT2D eigenvalue weighted by Gasteiger charge is -2.19. The van der Waals surface area contributed by atoms with E-state index >= 15 is 0 Å². The van der Waals surface area contributed by atoms with Crippen molar-refractivity contribution in [3.8, 4) is 17.1 Å². The number of likely N-dealkylation sites (tertiary alicyclic amines) is 1. The number of benzene rings is 1. The first-order chi connectivity index (χ1) is 11.6. The largest absolute Gasteiger partial charge is 0.497 e. The average Bonchev–Trinajstić information content (AvgIpc) is 3.22. The van der Waals surface area contributed by atoms with Crippen molar-refractivity contribution in [2.24, 2.45) is 5.73 Å². The van der Waals surface area contributed by atoms with Crippen LogP contribution in [0.5, 0.6) is 5.75 Å². The lowest BCUT2D eigenvalue weighted by molar-refractivity contribution is -0.122. The van der Waals surface area contributed by atoms with Gasteiger partial charge in [0.15, 0.2) is 5.76 Å². The first-order valence-electron chi connectivity index (χ1n) is 7.76. The Balaban J connectivity index is 1.72. The highest BCUT2D eigenvalue weighted by Crippen LogP contribution is 2.26. The van der Waals surface area contributed by atoms with E-state index in [1.54, 1.807) is 20.4 Å². The summed E-state index contributed by atoms with van der Waals surface area (Å²) in [6.07, 6.45) is 2.27. The molecule has 1 fully saturated rings. The van der Waals surface area contributed by atoms with Crippen LogP contribution in [0, 0.1) is 0 Å². The third kappa shape index (κ3) is 3.42. The number of ether oxygens (including phenoxy) is 2. The summed E-state index contributed by atoms with van der Waals surface area (Å²) in [7, 11) is 3.26. The molecular formula is C17H21N3O4. The minimum atomic E-state index is -0.355. The van der Waals surface area contributed by atoms with Crippen molar-refractivity contribution in [2.75, 3.05) is 20.8 Å². The molecule has 2 atom stereocenters. The summed E-state index contributed by atoms with van der Waals surface area (Å²) in [5.74, 6) is 1.65. The quantitative estimate of drug-likeness (QED) is 0.861. The van der Waals surface area contributed by atoms with Gasteiger partial charge in [0, 0.05) is 19.2 Å². The van der Waals surface area contributed by atoms with Crippen LogP contribution >= 0.6 is 0 Å². The Labute approximate surface area is 140 Å². The van der Waals surface area contributed by atoms with Gasteiger partial charge in [-0.2, -0.15) is 0 Å². The van der Waals surface area contributed by atoms with E-state index in [-0.39, 0.29) is 18.1 Å². The maximum absolute atomic E-state index is 11.6. The van der Waals surface area contributed by atoms with Crippen LogP contribution in [0.15, 0.2) is 34.9 Å². The van der Waals surface area contributed by atoms with Gasteiger partial charge >= 0.3 is 0 Å². The second-order valence-electron chi connectivity index (χ2n) is 5.79. The van der Waals surface area contributed by atoms with E-state index in [1.807, 2.05) is 29.2 Å². The molecular weight excluding hydrogens is 310 g/mol. The van der Waals surface area contributed by atoms with Crippen LogP contribution in [0.4, 0.5) is 0 Å². The Bertz CT molecular complexity index is 698. The summed E-state index contributed by atoms with van der Waals surface area (Å²) in [6, 6.07) is 7.19. The first-order valence-corrected chi connectivity index (χ1v) is 7.76. The molecule has 0 unspecified atom stereocenters. The van der Waals surface area contributed by atoms with E-state index in [2.05, 4.69) is 4.98 Å². The zero-order valence-electron chi connectivity index (χ0n) is 13.8. The minimum absolute atomic E-state index is 0.00137. The molecule has 1 aromatic heterocycles. The molecule has 0 aliphatic carbocycles. The number of primary amides is 1. The normalized spacial score (nSPS) is 21.1. The average molecular weight is 331 g/mol. The van der Waals surface area contributed by atoms with Gasteiger partial charge in [-0.15, -0.1) is 0 Å². The lowest BCUT2D eigenvalue weighted by Crippen LogP contribution is -2.39. The zero-order chi connectivity index (χ0) is 17.1. The number of methoxy groups -OCH3 is 2. The van der Waals surface area contributed by atoms with Crippen molar-refractivity contribution in [1.82, 2.24) is 9.88 Å². The van der Waals surface area contributed by atoms with Gasteiger partial charge < -0.3 is 19.6 Å². The van der Waals surface area contributed by atoms with Crippen molar-refractivity contribution >= 4 is 5.91 Å². The van der Waals surface area contributed by atoms with Crippen molar-refractivity contribution < 1.29 is 18.7 Å². The van der Waals surface area contributed by atoms with Crippen LogP contribution in [-0.4, -0.2) is 48.7 Å². The molecule has 0 radical (unpaired) electrons. The van der Waals surface area contributed by atoms with Crippen molar-refractivity contribution in [3.63, 3.8) is 0 Å². The summed E-state index contributed by atoms with van der Waals surface area (Å²) in [5, 5.41) is 0. The molecule has 2 aromatic rings. The Morgan fingerprint density at radius 2 is 2.12 bits per heavy atom. The van der Waals surface area contributed by atoms with Gasteiger partial charge in [0.05, 0.1) is 32.0 Å². The zero-order valence-corrected chi connectivity index (χ0v) is 13.8. The standard InChI is InChI=1S/C17H21N3O4/c1-22-12-5-3-11(4-6-12)15-8-19-16(24-15)10-20-9-13(23-2)7-14(20)17(18)21/h3-6,8,13-14H,7,9-10H2,1-2H3,(H2,18,21)/t13-,14-/m0/s1. The molecule has 1 amide bonds. The predicted octanol–water partition coefficient (Wildman–Crippen LogP) is 1.42. The summed E-state index contributed by atoms with van der Waals surface area (Å²) in [5.41, 5.74) is 6.40. The number of aromatic nitrogens is 1. The number of carbonyl (C=O) groups is 1. The summed E-state index contributed by atoms with van der Waals surface area (Å²) >= 11 is 0. The Kier molecular flexibility index (Phi) is 4.82. The molecule has 1 aromatic carbocycles. The molecule has 128 valence electrons. The van der Waals surface area contributed by atoms with Crippen LogP contribution in [0.1, 0.15) is 12.3 Å². The van der Waals surface area contributed by atoms with Crippen molar-refractivity contribution in [2.45, 2.75) is 25.1 Å². The molecule has 2 N–H and O–H groups in total. The molecule has 1 aliphatic rings. The van der Waals surface area contributed by atoms with E-state index in [4.69, 9.17) is 19.6 Å². The Morgan fingerprint density at radius 1 is 1.38 bits per heavy atom. The van der Waals surface area contributed by atoms with Gasteiger partial charge in [0.25, 0.3) is 0 Å². The molecule has 0 spiro atoms. The van der Waals surface area contributed by atoms with E-state index < -0.39 is 0 Å². The predicted molar refractivity (Wildman–Crippen MR) is 87.3 cm³/mol. The number of rotatable bonds is 6. The molecule has 0 saturated carbocycles. The third-order valence-corrected chi connectivity index (χ3v) is 4.29. The maximum atomic E-state index is 11.6. The van der Waals surface area contributed by atoms with E-state index in [1.165, 1.54) is 0 Å². The van der Waals surface area contributed by atoms with Gasteiger partial charge in [-0.3, -0.25) is 9.69 Å². The van der Waals surface area contributed by atoms with Crippen LogP contribution in [0.3, 0.4) is 0 Å². The molecule has 1 saturated heterocycles. The molecule has 2 heterocycles. The fraction of sp³-hybridized carbons (Fsp3) is 0.412. The van der Waals surface area contributed by atoms with Crippen LogP contribution in [0.25, 0.3) is 11.3 Å². The number of oxazole rings is 1. The summed E-state index contributed by atoms with van der Waals surface area (Å²) in [6.45, 7) is 1.05. The highest BCUT2D eigenvalue weighted by molar-refractivity contribution is 5.80. The van der Waals surface area contributed by atoms with Gasteiger partial charge in [-0.1, -0.05) is 0 Å². The number of hydrogen-bond acceptors (Lipinski definition) is 6. The number of amides is 1. The topological polar surface area (TPSA) is 90.8 Å². The van der Waals surface area contributed by atoms with Crippen LogP contribution < -0.4 is 10.5 Å². The van der Waals surface area contributed by atoms with Crippen molar-refractivity contribution in [1.29, 1.82) is 0 Å². The number of nitrogens with zero attached hydrogens (tertiary/aromatic N) is 2. The minimum Gasteiger partial charge on any atom is -0.497 e. The van der Waals surface area contributed by atoms with E-state index in [9.17, 15) is 4.79 Å². The van der Waals surface area contributed by atoms with Crippen molar-refractivity contribution in [3.05, 3.63) is 36.4 Å². The number of nitrogens with two attached hydrogens (primary N) is 1. The fourth-order valence-electron chi connectivity index (χ4n) is 2.95. The monoisotopic (exact) mass is 331 g/mol.